The minimum absolute atomic E-state index is 0.292. The molecule has 0 unspecified atom stereocenters. The van der Waals surface area contributed by atoms with Crippen molar-refractivity contribution in [3.8, 4) is 22.7 Å². The molecular formula is C25H23N3O2. The highest BCUT2D eigenvalue weighted by Gasteiger charge is 2.11. The SMILES string of the molecule is Cc1ccc(NC(=O)Nc2ccc(-c3nc(-c4cc(C)ccc4C)co3)cc2)cc1. The number of oxazole rings is 1. The quantitative estimate of drug-likeness (QED) is 0.409. The summed E-state index contributed by atoms with van der Waals surface area (Å²) in [5.74, 6) is 0.543. The molecule has 150 valence electrons. The van der Waals surface area contributed by atoms with E-state index in [0.717, 1.165) is 33.6 Å². The Bertz CT molecular complexity index is 1180. The Kier molecular flexibility index (Phi) is 5.35. The minimum Gasteiger partial charge on any atom is -0.444 e. The van der Waals surface area contributed by atoms with Crippen molar-refractivity contribution >= 4 is 17.4 Å². The standard InChI is InChI=1S/C25H23N3O2/c1-16-5-10-20(11-6-16)26-25(29)27-21-12-8-19(9-13-21)24-28-23(15-30-24)22-14-17(2)4-7-18(22)3/h4-15H,1-3H3,(H2,26,27,29). The Balaban J connectivity index is 1.45. The van der Waals surface area contributed by atoms with E-state index >= 15 is 0 Å². The smallest absolute Gasteiger partial charge is 0.323 e. The number of hydrogen-bond acceptors (Lipinski definition) is 3. The minimum atomic E-state index is -0.292. The van der Waals surface area contributed by atoms with Gasteiger partial charge in [0.25, 0.3) is 0 Å². The second-order valence-corrected chi connectivity index (χ2v) is 7.38. The number of rotatable bonds is 4. The molecule has 1 heterocycles. The molecule has 0 saturated heterocycles. The molecule has 5 heteroatoms. The predicted molar refractivity (Wildman–Crippen MR) is 121 cm³/mol. The van der Waals surface area contributed by atoms with Crippen molar-refractivity contribution in [2.45, 2.75) is 20.8 Å². The molecule has 3 aromatic carbocycles. The van der Waals surface area contributed by atoms with Crippen molar-refractivity contribution in [1.82, 2.24) is 4.98 Å². The van der Waals surface area contributed by atoms with Gasteiger partial charge in [-0.05, 0) is 68.8 Å². The average molecular weight is 397 g/mol. The van der Waals surface area contributed by atoms with Crippen molar-refractivity contribution in [2.75, 3.05) is 10.6 Å². The molecular weight excluding hydrogens is 374 g/mol. The summed E-state index contributed by atoms with van der Waals surface area (Å²) in [6.45, 7) is 6.13. The average Bonchev–Trinajstić information content (AvgIpc) is 3.22. The molecule has 30 heavy (non-hydrogen) atoms. The maximum absolute atomic E-state index is 12.2. The lowest BCUT2D eigenvalue weighted by atomic mass is 10.0. The number of amides is 2. The molecule has 0 radical (unpaired) electrons. The number of benzene rings is 3. The monoisotopic (exact) mass is 397 g/mol. The van der Waals surface area contributed by atoms with Crippen LogP contribution in [0.1, 0.15) is 16.7 Å². The Morgan fingerprint density at radius 2 is 1.40 bits per heavy atom. The van der Waals surface area contributed by atoms with Crippen LogP contribution < -0.4 is 10.6 Å². The van der Waals surface area contributed by atoms with Gasteiger partial charge in [0.1, 0.15) is 12.0 Å². The maximum Gasteiger partial charge on any atom is 0.323 e. The number of nitrogens with zero attached hydrogens (tertiary/aromatic N) is 1. The van der Waals surface area contributed by atoms with Gasteiger partial charge in [0.2, 0.25) is 5.89 Å². The lowest BCUT2D eigenvalue weighted by Gasteiger charge is -2.08. The fourth-order valence-corrected chi connectivity index (χ4v) is 3.17. The van der Waals surface area contributed by atoms with Crippen molar-refractivity contribution in [3.05, 3.63) is 89.7 Å². The van der Waals surface area contributed by atoms with Crippen LogP contribution in [0.5, 0.6) is 0 Å². The molecule has 0 aliphatic carbocycles. The van der Waals surface area contributed by atoms with Crippen LogP contribution in [0.3, 0.4) is 0 Å². The zero-order valence-corrected chi connectivity index (χ0v) is 17.2. The zero-order valence-electron chi connectivity index (χ0n) is 17.2. The molecule has 0 spiro atoms. The predicted octanol–water partition coefficient (Wildman–Crippen LogP) is 6.58. The first-order valence-corrected chi connectivity index (χ1v) is 9.76. The molecule has 0 aliphatic heterocycles. The summed E-state index contributed by atoms with van der Waals surface area (Å²) < 4.78 is 5.70. The number of anilines is 2. The number of carbonyl (C=O) groups is 1. The number of aromatic nitrogens is 1. The summed E-state index contributed by atoms with van der Waals surface area (Å²) in [7, 11) is 0. The third-order valence-electron chi connectivity index (χ3n) is 4.87. The summed E-state index contributed by atoms with van der Waals surface area (Å²) >= 11 is 0. The third-order valence-corrected chi connectivity index (χ3v) is 4.87. The summed E-state index contributed by atoms with van der Waals surface area (Å²) in [5, 5.41) is 5.64. The summed E-state index contributed by atoms with van der Waals surface area (Å²) in [6, 6.07) is 21.0. The van der Waals surface area contributed by atoms with Gasteiger partial charge in [0.15, 0.2) is 0 Å². The van der Waals surface area contributed by atoms with Crippen LogP contribution in [0.25, 0.3) is 22.7 Å². The Labute approximate surface area is 175 Å². The van der Waals surface area contributed by atoms with Crippen LogP contribution in [0.15, 0.2) is 77.4 Å². The van der Waals surface area contributed by atoms with Crippen molar-refractivity contribution < 1.29 is 9.21 Å². The van der Waals surface area contributed by atoms with Crippen LogP contribution >= 0.6 is 0 Å². The van der Waals surface area contributed by atoms with Crippen molar-refractivity contribution in [1.29, 1.82) is 0 Å². The van der Waals surface area contributed by atoms with Crippen LogP contribution in [0.2, 0.25) is 0 Å². The summed E-state index contributed by atoms with van der Waals surface area (Å²) in [6.07, 6.45) is 1.68. The molecule has 0 aliphatic rings. The molecule has 4 aromatic rings. The van der Waals surface area contributed by atoms with Gasteiger partial charge in [-0.15, -0.1) is 0 Å². The van der Waals surface area contributed by atoms with Crippen LogP contribution in [0, 0.1) is 20.8 Å². The number of carbonyl (C=O) groups excluding carboxylic acids is 1. The zero-order chi connectivity index (χ0) is 21.1. The summed E-state index contributed by atoms with van der Waals surface area (Å²) in [4.78, 5) is 16.8. The summed E-state index contributed by atoms with van der Waals surface area (Å²) in [5.41, 5.74) is 7.62. The number of urea groups is 1. The van der Waals surface area contributed by atoms with Gasteiger partial charge in [-0.1, -0.05) is 35.4 Å². The third kappa shape index (κ3) is 4.41. The molecule has 4 rings (SSSR count). The second-order valence-electron chi connectivity index (χ2n) is 7.38. The molecule has 0 saturated carbocycles. The van der Waals surface area contributed by atoms with Gasteiger partial charge in [-0.3, -0.25) is 0 Å². The first-order chi connectivity index (χ1) is 14.5. The Morgan fingerprint density at radius 1 is 0.800 bits per heavy atom. The van der Waals surface area contributed by atoms with Crippen LogP contribution in [-0.2, 0) is 0 Å². The van der Waals surface area contributed by atoms with E-state index in [1.165, 1.54) is 5.56 Å². The van der Waals surface area contributed by atoms with E-state index in [-0.39, 0.29) is 6.03 Å². The van der Waals surface area contributed by atoms with Crippen LogP contribution in [0.4, 0.5) is 16.2 Å². The fraction of sp³-hybridized carbons (Fsp3) is 0.120. The van der Waals surface area contributed by atoms with Gasteiger partial charge in [0.05, 0.1) is 0 Å². The molecule has 2 N–H and O–H groups in total. The number of aryl methyl sites for hydroxylation is 3. The highest BCUT2D eigenvalue weighted by Crippen LogP contribution is 2.28. The second kappa shape index (κ2) is 8.25. The fourth-order valence-electron chi connectivity index (χ4n) is 3.17. The van der Waals surface area contributed by atoms with Gasteiger partial charge < -0.3 is 15.1 Å². The van der Waals surface area contributed by atoms with Gasteiger partial charge in [-0.2, -0.15) is 0 Å². The van der Waals surface area contributed by atoms with E-state index in [2.05, 4.69) is 47.7 Å². The lowest BCUT2D eigenvalue weighted by Crippen LogP contribution is -2.19. The molecule has 0 fully saturated rings. The van der Waals surface area contributed by atoms with E-state index < -0.39 is 0 Å². The lowest BCUT2D eigenvalue weighted by molar-refractivity contribution is 0.262. The van der Waals surface area contributed by atoms with Crippen LogP contribution in [-0.4, -0.2) is 11.0 Å². The molecule has 0 bridgehead atoms. The van der Waals surface area contributed by atoms with E-state index in [1.807, 2.05) is 55.5 Å². The molecule has 5 nitrogen and oxygen atoms in total. The van der Waals surface area contributed by atoms with E-state index in [9.17, 15) is 4.79 Å². The maximum atomic E-state index is 12.2. The number of nitrogens with one attached hydrogen (secondary N) is 2. The topological polar surface area (TPSA) is 67.2 Å². The molecule has 0 atom stereocenters. The highest BCUT2D eigenvalue weighted by molar-refractivity contribution is 5.99. The van der Waals surface area contributed by atoms with Crippen molar-refractivity contribution in [2.24, 2.45) is 0 Å². The van der Waals surface area contributed by atoms with E-state index in [4.69, 9.17) is 4.42 Å². The normalized spacial score (nSPS) is 10.6. The Hall–Kier alpha value is -3.86. The van der Waals surface area contributed by atoms with Gasteiger partial charge in [0, 0.05) is 22.5 Å². The van der Waals surface area contributed by atoms with Gasteiger partial charge >= 0.3 is 6.03 Å². The molecule has 2 amide bonds. The first-order valence-electron chi connectivity index (χ1n) is 9.76. The number of hydrogen-bond donors (Lipinski definition) is 2. The highest BCUT2D eigenvalue weighted by atomic mass is 16.3. The molecule has 1 aromatic heterocycles. The van der Waals surface area contributed by atoms with Crippen molar-refractivity contribution in [3.63, 3.8) is 0 Å². The van der Waals surface area contributed by atoms with E-state index in [0.29, 0.717) is 11.6 Å². The largest absolute Gasteiger partial charge is 0.444 e. The Morgan fingerprint density at radius 3 is 2.07 bits per heavy atom. The first kappa shape index (κ1) is 19.5. The van der Waals surface area contributed by atoms with E-state index in [1.54, 1.807) is 6.26 Å². The van der Waals surface area contributed by atoms with Gasteiger partial charge in [-0.25, -0.2) is 9.78 Å².